The fourth-order valence-electron chi connectivity index (χ4n) is 1.52. The van der Waals surface area contributed by atoms with Gasteiger partial charge in [0, 0.05) is 6.54 Å². The van der Waals surface area contributed by atoms with Crippen molar-refractivity contribution in [3.63, 3.8) is 0 Å². The van der Waals surface area contributed by atoms with Crippen molar-refractivity contribution in [2.24, 2.45) is 0 Å². The van der Waals surface area contributed by atoms with Crippen LogP contribution in [0, 0.1) is 0 Å². The van der Waals surface area contributed by atoms with Gasteiger partial charge in [-0.15, -0.1) is 0 Å². The SMILES string of the molecule is CN(C)CCOCC1OC(O)C(O)C(O)C1O. The Morgan fingerprint density at radius 1 is 1.06 bits per heavy atom. The minimum absolute atomic E-state index is 0.0514. The fourth-order valence-corrected chi connectivity index (χ4v) is 1.52. The molecule has 1 aliphatic heterocycles. The lowest BCUT2D eigenvalue weighted by Crippen LogP contribution is -2.58. The van der Waals surface area contributed by atoms with Crippen LogP contribution < -0.4 is 0 Å². The zero-order valence-electron chi connectivity index (χ0n) is 10.1. The van der Waals surface area contributed by atoms with Gasteiger partial charge in [-0.1, -0.05) is 0 Å². The Morgan fingerprint density at radius 3 is 2.29 bits per heavy atom. The first-order valence-corrected chi connectivity index (χ1v) is 5.53. The molecular formula is C10H21NO6. The van der Waals surface area contributed by atoms with E-state index in [1.54, 1.807) is 0 Å². The van der Waals surface area contributed by atoms with Gasteiger partial charge in [0.25, 0.3) is 0 Å². The smallest absolute Gasteiger partial charge is 0.184 e. The Kier molecular flexibility index (Phi) is 5.74. The highest BCUT2D eigenvalue weighted by Gasteiger charge is 2.42. The summed E-state index contributed by atoms with van der Waals surface area (Å²) in [5, 5.41) is 37.5. The van der Waals surface area contributed by atoms with E-state index < -0.39 is 30.7 Å². The van der Waals surface area contributed by atoms with Crippen molar-refractivity contribution in [2.45, 2.75) is 30.7 Å². The number of rotatable bonds is 5. The van der Waals surface area contributed by atoms with Crippen molar-refractivity contribution in [1.82, 2.24) is 4.90 Å². The van der Waals surface area contributed by atoms with Gasteiger partial charge in [-0.05, 0) is 14.1 Å². The first kappa shape index (κ1) is 14.8. The van der Waals surface area contributed by atoms with E-state index in [-0.39, 0.29) is 6.61 Å². The minimum Gasteiger partial charge on any atom is -0.387 e. The van der Waals surface area contributed by atoms with Crippen LogP contribution in [0.1, 0.15) is 0 Å². The minimum atomic E-state index is -1.50. The van der Waals surface area contributed by atoms with E-state index >= 15 is 0 Å². The molecule has 0 saturated carbocycles. The summed E-state index contributed by atoms with van der Waals surface area (Å²) in [6, 6.07) is 0. The molecular weight excluding hydrogens is 230 g/mol. The molecule has 1 aliphatic rings. The molecule has 0 aromatic heterocycles. The van der Waals surface area contributed by atoms with Crippen LogP contribution in [0.5, 0.6) is 0 Å². The molecule has 5 unspecified atom stereocenters. The van der Waals surface area contributed by atoms with Crippen LogP contribution in [0.2, 0.25) is 0 Å². The molecule has 17 heavy (non-hydrogen) atoms. The van der Waals surface area contributed by atoms with E-state index in [9.17, 15) is 20.4 Å². The first-order valence-electron chi connectivity index (χ1n) is 5.53. The van der Waals surface area contributed by atoms with Gasteiger partial charge < -0.3 is 34.8 Å². The van der Waals surface area contributed by atoms with Crippen molar-refractivity contribution < 1.29 is 29.9 Å². The van der Waals surface area contributed by atoms with Crippen LogP contribution in [-0.4, -0.2) is 89.9 Å². The highest BCUT2D eigenvalue weighted by Crippen LogP contribution is 2.19. The molecule has 7 heteroatoms. The number of likely N-dealkylation sites (N-methyl/N-ethyl adjacent to an activating group) is 1. The second kappa shape index (κ2) is 6.60. The summed E-state index contributed by atoms with van der Waals surface area (Å²) in [6.07, 6.45) is -6.54. The normalized spacial score (nSPS) is 38.6. The molecule has 5 atom stereocenters. The first-order chi connectivity index (χ1) is 7.93. The number of hydrogen-bond acceptors (Lipinski definition) is 7. The molecule has 4 N–H and O–H groups in total. The summed E-state index contributed by atoms with van der Waals surface area (Å²) in [4.78, 5) is 1.94. The van der Waals surface area contributed by atoms with E-state index in [0.29, 0.717) is 6.61 Å². The average Bonchev–Trinajstić information content (AvgIpc) is 2.27. The van der Waals surface area contributed by atoms with Gasteiger partial charge >= 0.3 is 0 Å². The average molecular weight is 251 g/mol. The lowest BCUT2D eigenvalue weighted by Gasteiger charge is -2.38. The number of ether oxygens (including phenoxy) is 2. The third kappa shape index (κ3) is 4.14. The van der Waals surface area contributed by atoms with Gasteiger partial charge in [-0.25, -0.2) is 0 Å². The number of aliphatic hydroxyl groups is 4. The quantitative estimate of drug-likeness (QED) is 0.396. The molecule has 0 aromatic rings. The Bertz CT molecular complexity index is 227. The molecule has 1 rings (SSSR count). The molecule has 0 spiro atoms. The molecule has 0 amide bonds. The molecule has 1 heterocycles. The van der Waals surface area contributed by atoms with Crippen molar-refractivity contribution in [3.8, 4) is 0 Å². The topological polar surface area (TPSA) is 103 Å². The van der Waals surface area contributed by atoms with Crippen molar-refractivity contribution in [3.05, 3.63) is 0 Å². The predicted molar refractivity (Wildman–Crippen MR) is 58.3 cm³/mol. The van der Waals surface area contributed by atoms with E-state index in [1.165, 1.54) is 0 Å². The van der Waals surface area contributed by atoms with Crippen molar-refractivity contribution in [2.75, 3.05) is 33.9 Å². The summed E-state index contributed by atoms with van der Waals surface area (Å²) in [6.45, 7) is 1.22. The third-order valence-electron chi connectivity index (χ3n) is 2.65. The zero-order chi connectivity index (χ0) is 13.0. The Hall–Kier alpha value is -0.280. The van der Waals surface area contributed by atoms with Gasteiger partial charge in [-0.3, -0.25) is 0 Å². The Labute approximate surface area is 100 Å². The second-order valence-corrected chi connectivity index (χ2v) is 4.42. The summed E-state index contributed by atoms with van der Waals surface area (Å²) in [5.74, 6) is 0. The van der Waals surface area contributed by atoms with E-state index in [2.05, 4.69) is 0 Å². The van der Waals surface area contributed by atoms with E-state index in [1.807, 2.05) is 19.0 Å². The summed E-state index contributed by atoms with van der Waals surface area (Å²) in [5.41, 5.74) is 0. The summed E-state index contributed by atoms with van der Waals surface area (Å²) < 4.78 is 10.2. The number of aliphatic hydroxyl groups excluding tert-OH is 4. The van der Waals surface area contributed by atoms with Crippen LogP contribution in [-0.2, 0) is 9.47 Å². The van der Waals surface area contributed by atoms with Gasteiger partial charge in [0.2, 0.25) is 0 Å². The van der Waals surface area contributed by atoms with Gasteiger partial charge in [0.1, 0.15) is 24.4 Å². The van der Waals surface area contributed by atoms with Crippen LogP contribution in [0.3, 0.4) is 0 Å². The third-order valence-corrected chi connectivity index (χ3v) is 2.65. The fraction of sp³-hybridized carbons (Fsp3) is 1.00. The van der Waals surface area contributed by atoms with Crippen molar-refractivity contribution >= 4 is 0 Å². The Balaban J connectivity index is 2.33. The number of hydrogen-bond donors (Lipinski definition) is 4. The molecule has 0 radical (unpaired) electrons. The zero-order valence-corrected chi connectivity index (χ0v) is 10.1. The standard InChI is InChI=1S/C10H21NO6/c1-11(2)3-4-16-5-6-7(12)8(13)9(14)10(15)17-6/h6-10,12-15H,3-5H2,1-2H3. The molecule has 1 fully saturated rings. The highest BCUT2D eigenvalue weighted by molar-refractivity contribution is 4.88. The summed E-state index contributed by atoms with van der Waals surface area (Å²) in [7, 11) is 3.80. The molecule has 0 aliphatic carbocycles. The maximum atomic E-state index is 9.60. The molecule has 1 saturated heterocycles. The van der Waals surface area contributed by atoms with E-state index in [0.717, 1.165) is 6.54 Å². The molecule has 102 valence electrons. The Morgan fingerprint density at radius 2 is 1.71 bits per heavy atom. The van der Waals surface area contributed by atoms with Crippen LogP contribution in [0.25, 0.3) is 0 Å². The van der Waals surface area contributed by atoms with Crippen LogP contribution in [0.4, 0.5) is 0 Å². The van der Waals surface area contributed by atoms with Crippen LogP contribution >= 0.6 is 0 Å². The van der Waals surface area contributed by atoms with Gasteiger partial charge in [-0.2, -0.15) is 0 Å². The maximum absolute atomic E-state index is 9.60. The van der Waals surface area contributed by atoms with Gasteiger partial charge in [0.05, 0.1) is 13.2 Å². The largest absolute Gasteiger partial charge is 0.387 e. The molecule has 7 nitrogen and oxygen atoms in total. The van der Waals surface area contributed by atoms with E-state index in [4.69, 9.17) is 9.47 Å². The second-order valence-electron chi connectivity index (χ2n) is 4.42. The summed E-state index contributed by atoms with van der Waals surface area (Å²) >= 11 is 0. The predicted octanol–water partition coefficient (Wildman–Crippen LogP) is -2.64. The lowest BCUT2D eigenvalue weighted by molar-refractivity contribution is -0.288. The lowest BCUT2D eigenvalue weighted by atomic mass is 9.99. The number of nitrogens with zero attached hydrogens (tertiary/aromatic N) is 1. The molecule has 0 bridgehead atoms. The maximum Gasteiger partial charge on any atom is 0.184 e. The van der Waals surface area contributed by atoms with Crippen LogP contribution in [0.15, 0.2) is 0 Å². The van der Waals surface area contributed by atoms with Gasteiger partial charge in [0.15, 0.2) is 6.29 Å². The monoisotopic (exact) mass is 251 g/mol. The highest BCUT2D eigenvalue weighted by atomic mass is 16.6. The van der Waals surface area contributed by atoms with Crippen molar-refractivity contribution in [1.29, 1.82) is 0 Å². The molecule has 0 aromatic carbocycles.